The van der Waals surface area contributed by atoms with Crippen LogP contribution in [-0.4, -0.2) is 5.91 Å². The Balaban J connectivity index is 0.00000104. The topological polar surface area (TPSA) is 29.1 Å². The number of fused-ring (bicyclic) bond motifs is 2. The average molecular weight is 393 g/mol. The predicted octanol–water partition coefficient (Wildman–Crippen LogP) is -2.39. The molecule has 2 aromatic rings. The Morgan fingerprint density at radius 1 is 1.04 bits per heavy atom. The first-order chi connectivity index (χ1) is 10.7. The van der Waals surface area contributed by atoms with Gasteiger partial charge in [-0.25, -0.2) is 0 Å². The van der Waals surface area contributed by atoms with Gasteiger partial charge >= 0.3 is 142 Å². The summed E-state index contributed by atoms with van der Waals surface area (Å²) in [5, 5.41) is 0. The maximum atomic E-state index is 12.0. The molecular weight excluding hydrogens is 377 g/mol. The van der Waals surface area contributed by atoms with E-state index in [1.807, 2.05) is 6.07 Å². The van der Waals surface area contributed by atoms with Crippen molar-refractivity contribution in [1.82, 2.24) is 3.80 Å². The monoisotopic (exact) mass is 392 g/mol. The predicted molar refractivity (Wildman–Crippen MR) is 84.1 cm³/mol. The molecule has 0 saturated heterocycles. The van der Waals surface area contributed by atoms with Crippen LogP contribution in [0.5, 0.6) is 0 Å². The summed E-state index contributed by atoms with van der Waals surface area (Å²) in [7, 11) is 0. The third-order valence-electron chi connectivity index (χ3n) is 4.76. The maximum absolute atomic E-state index is 12.0. The maximum Gasteiger partial charge on any atom is -1.00 e. The standard InChI is InChI=1S/C19H17NO.2ClH.Ti/c1-11-9-12-3-2-4-13(18(12)10-11)14-7-8-17(19(20)21)16-6-5-15(14)16;;;/h2-4,7-8,10H,5-6,9H2,1H3,(H2,20,21);2*1H;/q;;;+3/p-3. The zero-order valence-electron chi connectivity index (χ0n) is 13.2. The molecule has 2 aliphatic carbocycles. The molecule has 2 nitrogen and oxygen atoms in total. The van der Waals surface area contributed by atoms with Crippen LogP contribution in [-0.2, 0) is 40.0 Å². The molecule has 0 aromatic heterocycles. The van der Waals surface area contributed by atoms with E-state index in [2.05, 4.69) is 41.1 Å². The van der Waals surface area contributed by atoms with Gasteiger partial charge in [0.15, 0.2) is 0 Å². The van der Waals surface area contributed by atoms with Crippen molar-refractivity contribution in [2.75, 3.05) is 0 Å². The summed E-state index contributed by atoms with van der Waals surface area (Å²) in [4.78, 5) is 12.0. The Labute approximate surface area is 166 Å². The zero-order chi connectivity index (χ0) is 15.3. The van der Waals surface area contributed by atoms with E-state index >= 15 is 0 Å². The molecule has 0 heterocycles. The molecule has 4 rings (SSSR count). The molecule has 0 fully saturated rings. The number of rotatable bonds is 2. The van der Waals surface area contributed by atoms with Gasteiger partial charge in [-0.3, -0.25) is 0 Å². The van der Waals surface area contributed by atoms with Crippen LogP contribution in [0.1, 0.15) is 39.5 Å². The molecule has 0 radical (unpaired) electrons. The first-order valence-corrected chi connectivity index (χ1v) is 8.38. The first-order valence-electron chi connectivity index (χ1n) is 7.60. The summed E-state index contributed by atoms with van der Waals surface area (Å²) < 4.78 is 2.74. The fourth-order valence-corrected chi connectivity index (χ4v) is 3.85. The molecule has 5 heteroatoms. The summed E-state index contributed by atoms with van der Waals surface area (Å²) >= 11 is 1.69. The van der Waals surface area contributed by atoms with Gasteiger partial charge in [-0.15, -0.1) is 0 Å². The minimum atomic E-state index is 0. The fraction of sp³-hybridized carbons (Fsp3) is 0.211. The number of carbonyl (C=O) groups is 1. The molecule has 1 amide bonds. The van der Waals surface area contributed by atoms with Gasteiger partial charge in [-0.2, -0.15) is 0 Å². The number of carbonyl (C=O) groups excluding carboxylic acids is 1. The van der Waals surface area contributed by atoms with E-state index in [4.69, 9.17) is 0 Å². The van der Waals surface area contributed by atoms with E-state index in [9.17, 15) is 4.79 Å². The van der Waals surface area contributed by atoms with Crippen LogP contribution in [0.3, 0.4) is 0 Å². The molecule has 24 heavy (non-hydrogen) atoms. The van der Waals surface area contributed by atoms with Crippen LogP contribution in [0, 0.1) is 0 Å². The summed E-state index contributed by atoms with van der Waals surface area (Å²) in [5.41, 5.74) is 10.2. The first kappa shape index (κ1) is 19.3. The number of hydrogen-bond acceptors (Lipinski definition) is 1. The van der Waals surface area contributed by atoms with Crippen molar-refractivity contribution in [3.05, 3.63) is 63.7 Å². The van der Waals surface area contributed by atoms with Gasteiger partial charge in [0.2, 0.25) is 0 Å². The second-order valence-electron chi connectivity index (χ2n) is 6.12. The molecular formula is C19H16Cl2NOTi. The molecule has 0 bridgehead atoms. The zero-order valence-corrected chi connectivity index (χ0v) is 16.3. The largest absolute Gasteiger partial charge is 1.00 e. The van der Waals surface area contributed by atoms with Crippen LogP contribution in [0.2, 0.25) is 0 Å². The van der Waals surface area contributed by atoms with Crippen molar-refractivity contribution in [3.63, 3.8) is 0 Å². The normalized spacial score (nSPS) is 13.5. The van der Waals surface area contributed by atoms with Crippen LogP contribution < -0.4 is 28.6 Å². The van der Waals surface area contributed by atoms with Crippen LogP contribution in [0.15, 0.2) is 35.9 Å². The number of halogens is 2. The van der Waals surface area contributed by atoms with Crippen LogP contribution in [0.25, 0.3) is 17.2 Å². The molecule has 0 spiro atoms. The molecule has 121 valence electrons. The smallest absolute Gasteiger partial charge is 1.00 e. The SMILES string of the molecule is CC1=Cc2c(cccc2-c2ccc(C(=O)[NH][Ti+2])c3c2CC3)C1.[Cl-].[Cl-]. The molecule has 0 atom stereocenters. The Morgan fingerprint density at radius 2 is 1.79 bits per heavy atom. The van der Waals surface area contributed by atoms with Crippen molar-refractivity contribution in [2.45, 2.75) is 26.2 Å². The quantitative estimate of drug-likeness (QED) is 0.568. The fourth-order valence-electron chi connectivity index (χ4n) is 3.64. The second kappa shape index (κ2) is 7.45. The molecule has 0 saturated carbocycles. The van der Waals surface area contributed by atoms with Crippen LogP contribution >= 0.6 is 0 Å². The van der Waals surface area contributed by atoms with E-state index in [1.54, 1.807) is 20.7 Å². The van der Waals surface area contributed by atoms with E-state index in [-0.39, 0.29) is 30.7 Å². The number of benzene rings is 2. The van der Waals surface area contributed by atoms with E-state index < -0.39 is 0 Å². The van der Waals surface area contributed by atoms with Gasteiger partial charge in [0.1, 0.15) is 0 Å². The summed E-state index contributed by atoms with van der Waals surface area (Å²) in [6.07, 6.45) is 5.45. The molecule has 0 unspecified atom stereocenters. The van der Waals surface area contributed by atoms with Crippen molar-refractivity contribution < 1.29 is 50.3 Å². The minimum Gasteiger partial charge on any atom is -1.00 e. The molecule has 2 aliphatic rings. The van der Waals surface area contributed by atoms with Crippen molar-refractivity contribution in [3.8, 4) is 11.1 Å². The van der Waals surface area contributed by atoms with Crippen LogP contribution in [0.4, 0.5) is 0 Å². The third-order valence-corrected chi connectivity index (χ3v) is 5.12. The van der Waals surface area contributed by atoms with Crippen molar-refractivity contribution in [2.24, 2.45) is 0 Å². The van der Waals surface area contributed by atoms with Gasteiger partial charge in [0, 0.05) is 0 Å². The number of hydrogen-bond donors (Lipinski definition) is 1. The summed E-state index contributed by atoms with van der Waals surface area (Å²) in [5.74, 6) is 0.0246. The average Bonchev–Trinajstić information content (AvgIpc) is 2.87. The van der Waals surface area contributed by atoms with Gasteiger partial charge in [0.05, 0.1) is 0 Å². The van der Waals surface area contributed by atoms with Gasteiger partial charge in [-0.05, 0) is 0 Å². The number of allylic oxidation sites excluding steroid dienone is 1. The van der Waals surface area contributed by atoms with Crippen molar-refractivity contribution >= 4 is 12.0 Å². The Bertz CT molecular complexity index is 846. The third kappa shape index (κ3) is 2.97. The Kier molecular flexibility index (Phi) is 5.98. The summed E-state index contributed by atoms with van der Waals surface area (Å²) in [6.45, 7) is 2.19. The van der Waals surface area contributed by atoms with Crippen molar-refractivity contribution in [1.29, 1.82) is 0 Å². The number of amides is 1. The Morgan fingerprint density at radius 3 is 2.46 bits per heavy atom. The van der Waals surface area contributed by atoms with Gasteiger partial charge < -0.3 is 24.8 Å². The van der Waals surface area contributed by atoms with Gasteiger partial charge in [0.25, 0.3) is 0 Å². The molecule has 1 N–H and O–H groups in total. The second-order valence-corrected chi connectivity index (χ2v) is 6.51. The van der Waals surface area contributed by atoms with E-state index in [0.717, 1.165) is 24.8 Å². The van der Waals surface area contributed by atoms with E-state index in [0.29, 0.717) is 0 Å². The molecule has 0 aliphatic heterocycles. The summed E-state index contributed by atoms with van der Waals surface area (Å²) in [6, 6.07) is 10.7. The number of nitrogens with one attached hydrogen (secondary N) is 1. The molecule has 2 aromatic carbocycles. The minimum absolute atomic E-state index is 0. The Hall–Kier alpha value is -1.06. The van der Waals surface area contributed by atoms with Gasteiger partial charge in [-0.1, -0.05) is 0 Å². The van der Waals surface area contributed by atoms with E-state index in [1.165, 1.54) is 39.0 Å².